The number of nitrogens with one attached hydrogen (secondary N) is 1. The van der Waals surface area contributed by atoms with Crippen LogP contribution < -0.4 is 5.32 Å². The fourth-order valence-corrected chi connectivity index (χ4v) is 4.42. The van der Waals surface area contributed by atoms with Gasteiger partial charge < -0.3 is 5.32 Å². The smallest absolute Gasteiger partial charge is 0.00719 e. The second-order valence-corrected chi connectivity index (χ2v) is 7.48. The number of rotatable bonds is 8. The van der Waals surface area contributed by atoms with E-state index in [0.717, 1.165) is 11.8 Å². The molecule has 1 nitrogen and oxygen atoms in total. The molecule has 1 aromatic rings. The maximum Gasteiger partial charge on any atom is 0.00719 e. The zero-order valence-corrected chi connectivity index (χ0v) is 14.3. The highest BCUT2D eigenvalue weighted by Crippen LogP contribution is 2.32. The van der Waals surface area contributed by atoms with Gasteiger partial charge in [0.05, 0.1) is 0 Å². The second kappa shape index (κ2) is 10.3. The minimum Gasteiger partial charge on any atom is -0.316 e. The fourth-order valence-electron chi connectivity index (χ4n) is 3.42. The molecule has 2 heteroatoms. The van der Waals surface area contributed by atoms with Crippen LogP contribution in [0.3, 0.4) is 0 Å². The lowest BCUT2D eigenvalue weighted by molar-refractivity contribution is 0.294. The highest BCUT2D eigenvalue weighted by atomic mass is 32.2. The van der Waals surface area contributed by atoms with Gasteiger partial charge in [-0.05, 0) is 62.1 Å². The molecular weight excluding hydrogens is 274 g/mol. The van der Waals surface area contributed by atoms with Crippen LogP contribution in [0.2, 0.25) is 0 Å². The van der Waals surface area contributed by atoms with E-state index in [1.807, 2.05) is 11.8 Å². The van der Waals surface area contributed by atoms with Crippen molar-refractivity contribution in [3.8, 4) is 0 Å². The van der Waals surface area contributed by atoms with Gasteiger partial charge in [-0.3, -0.25) is 0 Å². The van der Waals surface area contributed by atoms with Crippen LogP contribution in [0, 0.1) is 11.8 Å². The first kappa shape index (κ1) is 16.9. The molecule has 2 atom stereocenters. The number of hydrogen-bond donors (Lipinski definition) is 1. The molecule has 1 fully saturated rings. The minimum atomic E-state index is 0.912. The van der Waals surface area contributed by atoms with Crippen LogP contribution in [0.15, 0.2) is 35.2 Å². The molecule has 0 saturated heterocycles. The Morgan fingerprint density at radius 3 is 2.57 bits per heavy atom. The Morgan fingerprint density at radius 1 is 1.05 bits per heavy atom. The van der Waals surface area contributed by atoms with Crippen LogP contribution in [-0.4, -0.2) is 18.8 Å². The summed E-state index contributed by atoms with van der Waals surface area (Å²) in [7, 11) is 0. The molecule has 118 valence electrons. The van der Waals surface area contributed by atoms with Gasteiger partial charge >= 0.3 is 0 Å². The van der Waals surface area contributed by atoms with E-state index in [2.05, 4.69) is 42.6 Å². The van der Waals surface area contributed by atoms with Crippen molar-refractivity contribution < 1.29 is 0 Å². The Kier molecular flexibility index (Phi) is 8.28. The zero-order valence-electron chi connectivity index (χ0n) is 13.5. The van der Waals surface area contributed by atoms with Crippen LogP contribution in [0.25, 0.3) is 0 Å². The Labute approximate surface area is 135 Å². The average Bonchev–Trinajstić information content (AvgIpc) is 2.74. The summed E-state index contributed by atoms with van der Waals surface area (Å²) in [4.78, 5) is 1.42. The van der Waals surface area contributed by atoms with E-state index in [9.17, 15) is 0 Å². The molecule has 1 saturated carbocycles. The molecule has 1 aromatic carbocycles. The predicted molar refractivity (Wildman–Crippen MR) is 95.0 cm³/mol. The van der Waals surface area contributed by atoms with E-state index >= 15 is 0 Å². The van der Waals surface area contributed by atoms with E-state index < -0.39 is 0 Å². The first-order valence-electron chi connectivity index (χ1n) is 8.78. The Bertz CT molecular complexity index is 365. The molecule has 0 heterocycles. The molecule has 1 N–H and O–H groups in total. The average molecular weight is 306 g/mol. The van der Waals surface area contributed by atoms with Crippen LogP contribution in [0.1, 0.15) is 51.9 Å². The third-order valence-corrected chi connectivity index (χ3v) is 5.70. The van der Waals surface area contributed by atoms with Crippen molar-refractivity contribution in [2.45, 2.75) is 56.8 Å². The lowest BCUT2D eigenvalue weighted by atomic mass is 9.86. The van der Waals surface area contributed by atoms with Crippen molar-refractivity contribution in [3.05, 3.63) is 30.3 Å². The number of hydrogen-bond acceptors (Lipinski definition) is 2. The van der Waals surface area contributed by atoms with Gasteiger partial charge in [0.25, 0.3) is 0 Å². The van der Waals surface area contributed by atoms with E-state index in [0.29, 0.717) is 0 Å². The second-order valence-electron chi connectivity index (χ2n) is 6.31. The summed E-state index contributed by atoms with van der Waals surface area (Å²) in [6, 6.07) is 10.9. The van der Waals surface area contributed by atoms with Gasteiger partial charge in [0.15, 0.2) is 0 Å². The van der Waals surface area contributed by atoms with Gasteiger partial charge in [0.1, 0.15) is 0 Å². The van der Waals surface area contributed by atoms with Crippen LogP contribution in [0.4, 0.5) is 0 Å². The van der Waals surface area contributed by atoms with Crippen LogP contribution >= 0.6 is 11.8 Å². The van der Waals surface area contributed by atoms with Crippen molar-refractivity contribution in [1.29, 1.82) is 0 Å². The monoisotopic (exact) mass is 305 g/mol. The lowest BCUT2D eigenvalue weighted by Gasteiger charge is -2.25. The summed E-state index contributed by atoms with van der Waals surface area (Å²) in [5.74, 6) is 3.13. The molecule has 1 aliphatic carbocycles. The largest absolute Gasteiger partial charge is 0.316 e. The first-order valence-corrected chi connectivity index (χ1v) is 9.77. The topological polar surface area (TPSA) is 12.0 Å². The normalized spacial score (nSPS) is 22.9. The maximum atomic E-state index is 3.66. The molecule has 0 bridgehead atoms. The fraction of sp³-hybridized carbons (Fsp3) is 0.684. The van der Waals surface area contributed by atoms with Gasteiger partial charge in [-0.1, -0.05) is 50.8 Å². The molecule has 1 aliphatic rings. The number of thioether (sulfide) groups is 1. The number of benzene rings is 1. The molecule has 21 heavy (non-hydrogen) atoms. The Morgan fingerprint density at radius 2 is 1.81 bits per heavy atom. The molecule has 0 amide bonds. The van der Waals surface area contributed by atoms with Crippen molar-refractivity contribution in [2.24, 2.45) is 11.8 Å². The van der Waals surface area contributed by atoms with E-state index in [-0.39, 0.29) is 0 Å². The van der Waals surface area contributed by atoms with Gasteiger partial charge in [-0.2, -0.15) is 0 Å². The highest BCUT2D eigenvalue weighted by Gasteiger charge is 2.22. The van der Waals surface area contributed by atoms with E-state index in [1.165, 1.54) is 68.7 Å². The van der Waals surface area contributed by atoms with Crippen LogP contribution in [-0.2, 0) is 0 Å². The third-order valence-electron chi connectivity index (χ3n) is 4.65. The molecule has 0 aromatic heterocycles. The molecule has 2 rings (SSSR count). The summed E-state index contributed by atoms with van der Waals surface area (Å²) in [6.07, 6.45) is 9.88. The Balaban J connectivity index is 1.76. The standard InChI is InChI=1S/C19H31NS/c1-2-14-20-16-18-10-6-3-5-9-17(18)13-15-21-19-11-7-4-8-12-19/h4,7-8,11-12,17-18,20H,2-3,5-6,9-10,13-16H2,1H3. The lowest BCUT2D eigenvalue weighted by Crippen LogP contribution is -2.28. The van der Waals surface area contributed by atoms with E-state index in [1.54, 1.807) is 0 Å². The summed E-state index contributed by atoms with van der Waals surface area (Å²) < 4.78 is 0. The Hall–Kier alpha value is -0.470. The van der Waals surface area contributed by atoms with Crippen molar-refractivity contribution in [2.75, 3.05) is 18.8 Å². The summed E-state index contributed by atoms with van der Waals surface area (Å²) in [5.41, 5.74) is 0. The minimum absolute atomic E-state index is 0.912. The highest BCUT2D eigenvalue weighted by molar-refractivity contribution is 7.99. The van der Waals surface area contributed by atoms with Gasteiger partial charge in [0.2, 0.25) is 0 Å². The molecule has 0 aliphatic heterocycles. The van der Waals surface area contributed by atoms with Gasteiger partial charge in [0, 0.05) is 4.90 Å². The van der Waals surface area contributed by atoms with Crippen molar-refractivity contribution >= 4 is 11.8 Å². The molecule has 0 spiro atoms. The van der Waals surface area contributed by atoms with Crippen molar-refractivity contribution in [3.63, 3.8) is 0 Å². The van der Waals surface area contributed by atoms with Gasteiger partial charge in [-0.15, -0.1) is 11.8 Å². The quantitative estimate of drug-likeness (QED) is 0.394. The molecule has 2 unspecified atom stereocenters. The summed E-state index contributed by atoms with van der Waals surface area (Å²) >= 11 is 2.03. The molecule has 0 radical (unpaired) electrons. The molecular formula is C19H31NS. The first-order chi connectivity index (χ1) is 10.4. The SMILES string of the molecule is CCCNCC1CCCCCC1CCSc1ccccc1. The summed E-state index contributed by atoms with van der Waals surface area (Å²) in [6.45, 7) is 4.69. The van der Waals surface area contributed by atoms with Crippen molar-refractivity contribution in [1.82, 2.24) is 5.32 Å². The van der Waals surface area contributed by atoms with Crippen LogP contribution in [0.5, 0.6) is 0 Å². The third kappa shape index (κ3) is 6.44. The van der Waals surface area contributed by atoms with Gasteiger partial charge in [-0.25, -0.2) is 0 Å². The zero-order chi connectivity index (χ0) is 14.8. The maximum absolute atomic E-state index is 3.66. The van der Waals surface area contributed by atoms with E-state index in [4.69, 9.17) is 0 Å². The summed E-state index contributed by atoms with van der Waals surface area (Å²) in [5, 5.41) is 3.66. The predicted octanol–water partition coefficient (Wildman–Crippen LogP) is 5.36.